The van der Waals surface area contributed by atoms with Crippen LogP contribution in [-0.2, 0) is 4.74 Å². The number of piperidine rings is 1. The van der Waals surface area contributed by atoms with Crippen molar-refractivity contribution in [2.75, 3.05) is 20.3 Å². The number of nitrogens with zero attached hydrogens (tertiary/aromatic N) is 4. The van der Waals surface area contributed by atoms with Crippen molar-refractivity contribution in [3.05, 3.63) is 65.2 Å². The second kappa shape index (κ2) is 14.1. The van der Waals surface area contributed by atoms with E-state index in [1.807, 2.05) is 38.1 Å². The number of hydrogen-bond acceptors (Lipinski definition) is 7. The standard InChI is InChI=1S/C35H49N7O3/c1-7-35(4,5)30(36)21-31(37-19-20-44-6)39-33(43)38-28-16-17-29(27-14-9-8-13-26(27)28)45-25-15-18-32-40-34(41(32)22-25)42-23(2)11-10-12-24(42)3/h8-9,13-15,18,22-24,28-29,36H,7,10-12,16-17,19-21H2,1-6H3,(H-,37,38,39,43)/p+1. The fourth-order valence-electron chi connectivity index (χ4n) is 6.45. The molecule has 0 spiro atoms. The summed E-state index contributed by atoms with van der Waals surface area (Å²) in [6.07, 6.45) is 8.18. The molecule has 5 rings (SSSR count). The molecular weight excluding hydrogens is 566 g/mol. The molecule has 4 unspecified atom stereocenters. The summed E-state index contributed by atoms with van der Waals surface area (Å²) in [6.45, 7) is 11.6. The first-order chi connectivity index (χ1) is 21.6. The molecule has 4 atom stereocenters. The molecule has 1 fully saturated rings. The van der Waals surface area contributed by atoms with Crippen LogP contribution in [-0.4, -0.2) is 54.8 Å². The van der Waals surface area contributed by atoms with Crippen molar-refractivity contribution in [2.45, 2.75) is 104 Å². The third-order valence-electron chi connectivity index (χ3n) is 9.67. The van der Waals surface area contributed by atoms with Crippen molar-refractivity contribution in [1.29, 1.82) is 5.41 Å². The summed E-state index contributed by atoms with van der Waals surface area (Å²) >= 11 is 0. The lowest BCUT2D eigenvalue weighted by atomic mass is 9.83. The number of aliphatic imine (C=N–C) groups is 1. The van der Waals surface area contributed by atoms with Gasteiger partial charge in [-0.2, -0.15) is 4.24 Å². The van der Waals surface area contributed by atoms with Gasteiger partial charge in [-0.15, -0.1) is 0 Å². The van der Waals surface area contributed by atoms with Gasteiger partial charge in [0.25, 0.3) is 0 Å². The maximum absolute atomic E-state index is 13.3. The number of amidine groups is 1. The van der Waals surface area contributed by atoms with Crippen LogP contribution in [0.15, 0.2) is 52.6 Å². The number of urea groups is 1. The van der Waals surface area contributed by atoms with E-state index in [2.05, 4.69) is 63.9 Å². The molecule has 1 aromatic carbocycles. The SMILES string of the molecule is CCC(C)(C)C(=N)CC(=NCCOC)NC(=O)NC1CCC(Oc2ccc3[n+](c2)=C(N2C(C)CCCC2C)N=3)c2ccccc21. The van der Waals surface area contributed by atoms with E-state index < -0.39 is 0 Å². The van der Waals surface area contributed by atoms with Gasteiger partial charge in [0.2, 0.25) is 5.49 Å². The van der Waals surface area contributed by atoms with E-state index in [9.17, 15) is 4.79 Å². The number of aromatic nitrogens is 1. The van der Waals surface area contributed by atoms with Crippen LogP contribution in [0.25, 0.3) is 0 Å². The van der Waals surface area contributed by atoms with Gasteiger partial charge in [-0.1, -0.05) is 50.0 Å². The third-order valence-corrected chi connectivity index (χ3v) is 9.67. The largest absolute Gasteiger partial charge is 0.483 e. The van der Waals surface area contributed by atoms with Crippen LogP contribution >= 0.6 is 0 Å². The second-order valence-electron chi connectivity index (χ2n) is 13.2. The summed E-state index contributed by atoms with van der Waals surface area (Å²) in [5, 5.41) is 14.7. The van der Waals surface area contributed by atoms with Gasteiger partial charge in [0, 0.05) is 30.7 Å². The van der Waals surface area contributed by atoms with E-state index in [1.54, 1.807) is 7.11 Å². The molecule has 45 heavy (non-hydrogen) atoms. The minimum Gasteiger partial charge on any atom is -0.483 e. The predicted molar refractivity (Wildman–Crippen MR) is 175 cm³/mol. The first kappa shape index (κ1) is 32.6. The zero-order valence-electron chi connectivity index (χ0n) is 27.7. The number of fused-ring (bicyclic) bond motifs is 2. The molecule has 1 aromatic heterocycles. The topological polar surface area (TPSA) is 117 Å². The highest BCUT2D eigenvalue weighted by Crippen LogP contribution is 2.38. The van der Waals surface area contributed by atoms with Crippen molar-refractivity contribution >= 4 is 17.6 Å². The van der Waals surface area contributed by atoms with Gasteiger partial charge < -0.3 is 20.2 Å². The number of hydrogen-bond donors (Lipinski definition) is 3. The third kappa shape index (κ3) is 7.38. The number of likely N-dealkylation sites (tertiary alicyclic amines) is 1. The number of carbonyl (C=O) groups excluding carboxylic acids is 1. The number of pyridine rings is 1. The number of nitrogens with one attached hydrogen (secondary N) is 3. The Hall–Kier alpha value is -3.79. The van der Waals surface area contributed by atoms with Crippen molar-refractivity contribution in [3.8, 4) is 5.75 Å². The van der Waals surface area contributed by atoms with Crippen molar-refractivity contribution in [2.24, 2.45) is 15.4 Å². The van der Waals surface area contributed by atoms with E-state index in [0.29, 0.717) is 36.8 Å². The van der Waals surface area contributed by atoms with E-state index in [1.165, 1.54) is 19.3 Å². The highest BCUT2D eigenvalue weighted by molar-refractivity contribution is 6.09. The van der Waals surface area contributed by atoms with E-state index in [-0.39, 0.29) is 30.0 Å². The first-order valence-electron chi connectivity index (χ1n) is 16.5. The number of methoxy groups -OCH3 is 1. The minimum absolute atomic E-state index is 0.128. The monoisotopic (exact) mass is 616 g/mol. The van der Waals surface area contributed by atoms with Crippen LogP contribution in [0, 0.1) is 16.8 Å². The molecule has 10 nitrogen and oxygen atoms in total. The molecule has 10 heteroatoms. The van der Waals surface area contributed by atoms with Gasteiger partial charge >= 0.3 is 12.0 Å². The molecule has 2 amide bonds. The van der Waals surface area contributed by atoms with E-state index in [4.69, 9.17) is 19.9 Å². The Morgan fingerprint density at radius 1 is 1.11 bits per heavy atom. The number of ether oxygens (including phenoxy) is 2. The summed E-state index contributed by atoms with van der Waals surface area (Å²) in [5.74, 6) is 2.30. The lowest BCUT2D eigenvalue weighted by Gasteiger charge is -2.36. The maximum Gasteiger partial charge on any atom is 0.357 e. The molecule has 0 bridgehead atoms. The van der Waals surface area contributed by atoms with Crippen molar-refractivity contribution in [1.82, 2.24) is 15.5 Å². The number of rotatable bonds is 11. The summed E-state index contributed by atoms with van der Waals surface area (Å²) in [6, 6.07) is 12.7. The van der Waals surface area contributed by atoms with Crippen LogP contribution in [0.3, 0.4) is 0 Å². The highest BCUT2D eigenvalue weighted by atomic mass is 16.5. The summed E-state index contributed by atoms with van der Waals surface area (Å²) < 4.78 is 13.9. The zero-order valence-corrected chi connectivity index (χ0v) is 27.7. The molecular formula is C35H50N7O3+. The lowest BCUT2D eigenvalue weighted by molar-refractivity contribution is -0.580. The maximum atomic E-state index is 13.3. The molecule has 3 N–H and O–H groups in total. The summed E-state index contributed by atoms with van der Waals surface area (Å²) in [7, 11) is 1.62. The van der Waals surface area contributed by atoms with Crippen LogP contribution < -0.4 is 25.1 Å². The Labute approximate surface area is 267 Å². The van der Waals surface area contributed by atoms with Gasteiger partial charge in [0.05, 0.1) is 31.3 Å². The minimum atomic E-state index is -0.320. The zero-order chi connectivity index (χ0) is 32.1. The smallest absolute Gasteiger partial charge is 0.357 e. The predicted octanol–water partition coefficient (Wildman–Crippen LogP) is 5.31. The molecule has 2 aliphatic heterocycles. The van der Waals surface area contributed by atoms with Gasteiger partial charge in [-0.05, 0) is 69.6 Å². The van der Waals surface area contributed by atoms with E-state index in [0.717, 1.165) is 47.6 Å². The van der Waals surface area contributed by atoms with E-state index >= 15 is 0 Å². The van der Waals surface area contributed by atoms with Gasteiger partial charge in [0.1, 0.15) is 23.9 Å². The molecule has 3 aliphatic rings. The average Bonchev–Trinajstić information content (AvgIpc) is 3.01. The lowest BCUT2D eigenvalue weighted by Crippen LogP contribution is -2.57. The number of carbonyl (C=O) groups is 1. The number of amides is 2. The van der Waals surface area contributed by atoms with Gasteiger partial charge in [-0.25, -0.2) is 4.79 Å². The normalized spacial score (nSPS) is 22.8. The Kier molecular flexibility index (Phi) is 10.2. The van der Waals surface area contributed by atoms with Crippen molar-refractivity contribution < 1.29 is 18.5 Å². The number of benzene rings is 1. The molecule has 242 valence electrons. The van der Waals surface area contributed by atoms with Gasteiger partial charge in [-0.3, -0.25) is 15.2 Å². The molecule has 3 heterocycles. The fourth-order valence-corrected chi connectivity index (χ4v) is 6.45. The fraction of sp³-hybridized carbons (Fsp3) is 0.571. The summed E-state index contributed by atoms with van der Waals surface area (Å²) in [4.78, 5) is 25.1. The first-order valence-corrected chi connectivity index (χ1v) is 16.5. The molecule has 1 saturated heterocycles. The Morgan fingerprint density at radius 2 is 1.84 bits per heavy atom. The Morgan fingerprint density at radius 3 is 2.56 bits per heavy atom. The second-order valence-corrected chi connectivity index (χ2v) is 13.2. The Bertz CT molecular complexity index is 1540. The molecule has 1 aliphatic carbocycles. The molecule has 2 aromatic rings. The quantitative estimate of drug-likeness (QED) is 0.137. The Balaban J connectivity index is 1.28. The van der Waals surface area contributed by atoms with Crippen LogP contribution in [0.4, 0.5) is 4.79 Å². The average molecular weight is 617 g/mol. The summed E-state index contributed by atoms with van der Waals surface area (Å²) in [5.41, 5.74) is 3.34. The van der Waals surface area contributed by atoms with Crippen LogP contribution in [0.5, 0.6) is 5.75 Å². The van der Waals surface area contributed by atoms with Crippen molar-refractivity contribution in [3.63, 3.8) is 0 Å². The highest BCUT2D eigenvalue weighted by Gasteiger charge is 2.36. The van der Waals surface area contributed by atoms with Gasteiger partial charge in [0.15, 0.2) is 0 Å². The molecule has 0 saturated carbocycles. The molecule has 0 radical (unpaired) electrons. The van der Waals surface area contributed by atoms with Crippen LogP contribution in [0.2, 0.25) is 0 Å². The van der Waals surface area contributed by atoms with Crippen LogP contribution in [0.1, 0.15) is 103 Å².